The second-order valence-corrected chi connectivity index (χ2v) is 9.84. The molecule has 8 heteroatoms. The van der Waals surface area contributed by atoms with E-state index < -0.39 is 10.0 Å². The average Bonchev–Trinajstić information content (AvgIpc) is 2.73. The Labute approximate surface area is 181 Å². The van der Waals surface area contributed by atoms with Gasteiger partial charge in [0.25, 0.3) is 5.91 Å². The Hall–Kier alpha value is -2.48. The average molecular weight is 444 g/mol. The molecule has 1 amide bonds. The lowest BCUT2D eigenvalue weighted by atomic mass is 10.1. The van der Waals surface area contributed by atoms with Crippen LogP contribution >= 0.6 is 11.6 Å². The summed E-state index contributed by atoms with van der Waals surface area (Å²) in [4.78, 5) is 19.6. The van der Waals surface area contributed by atoms with Crippen molar-refractivity contribution in [3.63, 3.8) is 0 Å². The quantitative estimate of drug-likeness (QED) is 0.619. The van der Waals surface area contributed by atoms with Crippen LogP contribution in [0.5, 0.6) is 0 Å². The smallest absolute Gasteiger partial charge is 0.255 e. The highest BCUT2D eigenvalue weighted by atomic mass is 35.5. The van der Waals surface area contributed by atoms with Gasteiger partial charge in [-0.3, -0.25) is 9.78 Å². The molecule has 0 aliphatic carbocycles. The monoisotopic (exact) mass is 443 g/mol. The van der Waals surface area contributed by atoms with Gasteiger partial charge in [-0.2, -0.15) is 4.31 Å². The molecule has 0 unspecified atom stereocenters. The summed E-state index contributed by atoms with van der Waals surface area (Å²) >= 11 is 5.86. The molecule has 1 aliphatic heterocycles. The van der Waals surface area contributed by atoms with E-state index in [0.29, 0.717) is 29.4 Å². The van der Waals surface area contributed by atoms with Crippen LogP contribution in [0.25, 0.3) is 10.9 Å². The Bertz CT molecular complexity index is 1220. The van der Waals surface area contributed by atoms with Gasteiger partial charge < -0.3 is 4.90 Å². The number of halogens is 1. The van der Waals surface area contributed by atoms with Crippen molar-refractivity contribution in [2.75, 3.05) is 26.2 Å². The SMILES string of the molecule is Cc1ccc2nc(C)c(C(=O)N3CCN(S(=O)(=O)c4ccc(Cl)cc4)CC3)cc2c1. The summed E-state index contributed by atoms with van der Waals surface area (Å²) in [7, 11) is -3.61. The maximum atomic E-state index is 13.1. The standard InChI is InChI=1S/C22H22ClN3O3S/c1-15-3-8-21-17(13-15)14-20(16(2)24-21)22(27)25-9-11-26(12-10-25)30(28,29)19-6-4-18(23)5-7-19/h3-8,13-14H,9-12H2,1-2H3. The minimum Gasteiger partial charge on any atom is -0.336 e. The molecule has 0 saturated carbocycles. The second-order valence-electron chi connectivity index (χ2n) is 7.47. The number of nitrogens with zero attached hydrogens (tertiary/aromatic N) is 3. The fourth-order valence-electron chi connectivity index (χ4n) is 3.67. The van der Waals surface area contributed by atoms with E-state index in [4.69, 9.17) is 11.6 Å². The van der Waals surface area contributed by atoms with Crippen molar-refractivity contribution in [2.24, 2.45) is 0 Å². The third-order valence-electron chi connectivity index (χ3n) is 5.37. The van der Waals surface area contributed by atoms with Gasteiger partial charge in [-0.15, -0.1) is 0 Å². The van der Waals surface area contributed by atoms with Gasteiger partial charge in [0.15, 0.2) is 0 Å². The third kappa shape index (κ3) is 3.93. The highest BCUT2D eigenvalue weighted by Gasteiger charge is 2.31. The van der Waals surface area contributed by atoms with Crippen LogP contribution < -0.4 is 0 Å². The lowest BCUT2D eigenvalue weighted by Gasteiger charge is -2.34. The van der Waals surface area contributed by atoms with Crippen LogP contribution in [-0.2, 0) is 10.0 Å². The first-order valence-corrected chi connectivity index (χ1v) is 11.5. The normalized spacial score (nSPS) is 15.5. The van der Waals surface area contributed by atoms with Gasteiger partial charge in [-0.1, -0.05) is 23.2 Å². The fourth-order valence-corrected chi connectivity index (χ4v) is 5.21. The topological polar surface area (TPSA) is 70.6 Å². The zero-order chi connectivity index (χ0) is 21.5. The van der Waals surface area contributed by atoms with Crippen molar-refractivity contribution in [1.82, 2.24) is 14.2 Å². The van der Waals surface area contributed by atoms with Crippen LogP contribution in [0.4, 0.5) is 0 Å². The second kappa shape index (κ2) is 7.98. The molecule has 0 bridgehead atoms. The molecule has 156 valence electrons. The molecule has 0 radical (unpaired) electrons. The predicted octanol–water partition coefficient (Wildman–Crippen LogP) is 3.65. The van der Waals surface area contributed by atoms with Crippen molar-refractivity contribution in [1.29, 1.82) is 0 Å². The minimum atomic E-state index is -3.61. The molecular weight excluding hydrogens is 422 g/mol. The van der Waals surface area contributed by atoms with Crippen LogP contribution in [-0.4, -0.2) is 54.7 Å². The first-order chi connectivity index (χ1) is 14.3. The van der Waals surface area contributed by atoms with Crippen molar-refractivity contribution in [2.45, 2.75) is 18.7 Å². The van der Waals surface area contributed by atoms with Crippen LogP contribution in [0, 0.1) is 13.8 Å². The molecule has 6 nitrogen and oxygen atoms in total. The number of piperazine rings is 1. The number of rotatable bonds is 3. The summed E-state index contributed by atoms with van der Waals surface area (Å²) in [5, 5.41) is 1.41. The summed E-state index contributed by atoms with van der Waals surface area (Å²) in [5.41, 5.74) is 3.19. The fraction of sp³-hybridized carbons (Fsp3) is 0.273. The number of fused-ring (bicyclic) bond motifs is 1. The highest BCUT2D eigenvalue weighted by molar-refractivity contribution is 7.89. The number of pyridine rings is 1. The lowest BCUT2D eigenvalue weighted by Crippen LogP contribution is -2.50. The number of benzene rings is 2. The van der Waals surface area contributed by atoms with Gasteiger partial charge in [-0.05, 0) is 56.3 Å². The molecule has 0 N–H and O–H groups in total. The molecule has 1 aromatic heterocycles. The molecule has 3 aromatic rings. The van der Waals surface area contributed by atoms with E-state index in [9.17, 15) is 13.2 Å². The van der Waals surface area contributed by atoms with E-state index in [1.54, 1.807) is 17.0 Å². The van der Waals surface area contributed by atoms with Gasteiger partial charge in [0, 0.05) is 36.6 Å². The molecule has 30 heavy (non-hydrogen) atoms. The molecule has 0 spiro atoms. The summed E-state index contributed by atoms with van der Waals surface area (Å²) in [6, 6.07) is 14.0. The Balaban J connectivity index is 1.51. The number of hydrogen-bond acceptors (Lipinski definition) is 4. The van der Waals surface area contributed by atoms with Crippen LogP contribution in [0.3, 0.4) is 0 Å². The number of carbonyl (C=O) groups is 1. The van der Waals surface area contributed by atoms with E-state index in [0.717, 1.165) is 16.5 Å². The molecule has 1 fully saturated rings. The molecular formula is C22H22ClN3O3S. The van der Waals surface area contributed by atoms with Gasteiger partial charge >= 0.3 is 0 Å². The Morgan fingerprint density at radius 1 is 0.967 bits per heavy atom. The number of carbonyl (C=O) groups excluding carboxylic acids is 1. The number of aromatic nitrogens is 1. The van der Waals surface area contributed by atoms with Crippen molar-refractivity contribution < 1.29 is 13.2 Å². The van der Waals surface area contributed by atoms with Gasteiger partial charge in [0.05, 0.1) is 21.7 Å². The lowest BCUT2D eigenvalue weighted by molar-refractivity contribution is 0.0697. The first-order valence-electron chi connectivity index (χ1n) is 9.69. The number of sulfonamides is 1. The maximum absolute atomic E-state index is 13.1. The van der Waals surface area contributed by atoms with E-state index in [-0.39, 0.29) is 23.9 Å². The largest absolute Gasteiger partial charge is 0.336 e. The maximum Gasteiger partial charge on any atom is 0.255 e. The van der Waals surface area contributed by atoms with Crippen molar-refractivity contribution in [3.05, 3.63) is 70.4 Å². The molecule has 1 aliphatic rings. The van der Waals surface area contributed by atoms with Crippen LogP contribution in [0.2, 0.25) is 5.02 Å². The zero-order valence-electron chi connectivity index (χ0n) is 16.8. The van der Waals surface area contributed by atoms with Crippen molar-refractivity contribution in [3.8, 4) is 0 Å². The zero-order valence-corrected chi connectivity index (χ0v) is 18.4. The van der Waals surface area contributed by atoms with E-state index in [1.807, 2.05) is 38.1 Å². The Morgan fingerprint density at radius 2 is 1.63 bits per heavy atom. The van der Waals surface area contributed by atoms with E-state index in [1.165, 1.54) is 16.4 Å². The Kier molecular flexibility index (Phi) is 5.53. The number of amides is 1. The molecule has 2 heterocycles. The van der Waals surface area contributed by atoms with Crippen molar-refractivity contribution >= 4 is 38.4 Å². The van der Waals surface area contributed by atoms with Gasteiger partial charge in [0.2, 0.25) is 10.0 Å². The van der Waals surface area contributed by atoms with E-state index >= 15 is 0 Å². The molecule has 2 aromatic carbocycles. The number of aryl methyl sites for hydroxylation is 2. The molecule has 4 rings (SSSR count). The summed E-state index contributed by atoms with van der Waals surface area (Å²) < 4.78 is 27.1. The minimum absolute atomic E-state index is 0.119. The molecule has 1 saturated heterocycles. The van der Waals surface area contributed by atoms with Gasteiger partial charge in [-0.25, -0.2) is 8.42 Å². The summed E-state index contributed by atoms with van der Waals surface area (Å²) in [6.07, 6.45) is 0. The Morgan fingerprint density at radius 3 is 2.30 bits per heavy atom. The summed E-state index contributed by atoms with van der Waals surface area (Å²) in [6.45, 7) is 4.98. The third-order valence-corrected chi connectivity index (χ3v) is 7.53. The van der Waals surface area contributed by atoms with E-state index in [2.05, 4.69) is 4.98 Å². The highest BCUT2D eigenvalue weighted by Crippen LogP contribution is 2.22. The number of hydrogen-bond donors (Lipinski definition) is 0. The summed E-state index contributed by atoms with van der Waals surface area (Å²) in [5.74, 6) is -0.119. The van der Waals surface area contributed by atoms with Crippen LogP contribution in [0.1, 0.15) is 21.6 Å². The molecule has 0 atom stereocenters. The predicted molar refractivity (Wildman–Crippen MR) is 117 cm³/mol. The first kappa shape index (κ1) is 20.8. The van der Waals surface area contributed by atoms with Crippen LogP contribution in [0.15, 0.2) is 53.4 Å². The van der Waals surface area contributed by atoms with Gasteiger partial charge in [0.1, 0.15) is 0 Å².